The van der Waals surface area contributed by atoms with Gasteiger partial charge in [-0.2, -0.15) is 5.10 Å². The van der Waals surface area contributed by atoms with Crippen molar-refractivity contribution in [3.8, 4) is 11.8 Å². The predicted molar refractivity (Wildman–Crippen MR) is 129 cm³/mol. The van der Waals surface area contributed by atoms with Gasteiger partial charge in [0.05, 0.1) is 34.4 Å². The maximum Gasteiger partial charge on any atom is 0.246 e. The molecule has 35 heavy (non-hydrogen) atoms. The van der Waals surface area contributed by atoms with E-state index in [1.165, 1.54) is 18.5 Å². The number of halogens is 1. The molecule has 0 bridgehead atoms. The molecule has 1 aliphatic heterocycles. The first kappa shape index (κ1) is 21.3. The Morgan fingerprint density at radius 2 is 2.06 bits per heavy atom. The monoisotopic (exact) mass is 470 g/mol. The number of aromatic nitrogens is 6. The van der Waals surface area contributed by atoms with Crippen molar-refractivity contribution in [3.63, 3.8) is 0 Å². The van der Waals surface area contributed by atoms with Crippen molar-refractivity contribution in [3.05, 3.63) is 54.5 Å². The van der Waals surface area contributed by atoms with E-state index in [-0.39, 0.29) is 29.4 Å². The summed E-state index contributed by atoms with van der Waals surface area (Å²) < 4.78 is 18.7. The molecule has 0 spiro atoms. The van der Waals surface area contributed by atoms with Crippen LogP contribution in [0, 0.1) is 17.7 Å². The largest absolute Gasteiger partial charge is 0.383 e. The molecule has 1 aliphatic carbocycles. The average molecular weight is 471 g/mol. The summed E-state index contributed by atoms with van der Waals surface area (Å²) in [6.07, 6.45) is 7.33. The van der Waals surface area contributed by atoms with Gasteiger partial charge in [0.1, 0.15) is 23.7 Å². The van der Waals surface area contributed by atoms with Crippen molar-refractivity contribution in [1.82, 2.24) is 34.2 Å². The molecule has 1 saturated heterocycles. The van der Waals surface area contributed by atoms with Crippen molar-refractivity contribution in [2.24, 2.45) is 0 Å². The van der Waals surface area contributed by atoms with Crippen LogP contribution >= 0.6 is 0 Å². The van der Waals surface area contributed by atoms with E-state index in [2.05, 4.69) is 38.5 Å². The van der Waals surface area contributed by atoms with Crippen molar-refractivity contribution in [2.75, 3.05) is 12.3 Å². The van der Waals surface area contributed by atoms with Crippen molar-refractivity contribution in [1.29, 1.82) is 0 Å². The van der Waals surface area contributed by atoms with E-state index in [0.717, 1.165) is 18.4 Å². The fraction of sp³-hybridized carbons (Fsp3) is 0.320. The van der Waals surface area contributed by atoms with Gasteiger partial charge in [0.2, 0.25) is 5.91 Å². The highest BCUT2D eigenvalue weighted by molar-refractivity contribution is 5.91. The van der Waals surface area contributed by atoms with Gasteiger partial charge >= 0.3 is 0 Å². The van der Waals surface area contributed by atoms with Crippen molar-refractivity contribution < 1.29 is 9.18 Å². The molecule has 1 aromatic carbocycles. The fourth-order valence-corrected chi connectivity index (χ4v) is 4.86. The number of anilines is 1. The van der Waals surface area contributed by atoms with Gasteiger partial charge in [-0.25, -0.2) is 24.0 Å². The minimum atomic E-state index is -0.413. The van der Waals surface area contributed by atoms with Crippen LogP contribution in [-0.2, 0) is 4.79 Å². The Morgan fingerprint density at radius 3 is 2.83 bits per heavy atom. The first-order chi connectivity index (χ1) is 16.9. The number of fused-ring (bicyclic) bond motifs is 2. The number of hydrogen-bond donors (Lipinski definition) is 1. The number of nitrogens with zero attached hydrogens (tertiary/aromatic N) is 7. The smallest absolute Gasteiger partial charge is 0.246 e. The van der Waals surface area contributed by atoms with E-state index in [4.69, 9.17) is 5.73 Å². The lowest BCUT2D eigenvalue weighted by Gasteiger charge is -2.19. The lowest BCUT2D eigenvalue weighted by molar-refractivity contribution is -0.126. The number of hydrogen-bond acceptors (Lipinski definition) is 6. The van der Waals surface area contributed by atoms with E-state index < -0.39 is 5.82 Å². The van der Waals surface area contributed by atoms with E-state index in [1.807, 2.05) is 11.5 Å². The maximum atomic E-state index is 14.9. The van der Waals surface area contributed by atoms with Crippen LogP contribution in [0.1, 0.15) is 49.5 Å². The van der Waals surface area contributed by atoms with Gasteiger partial charge in [-0.15, -0.1) is 0 Å². The quantitative estimate of drug-likeness (QED) is 0.364. The van der Waals surface area contributed by atoms with Gasteiger partial charge in [0.15, 0.2) is 5.65 Å². The van der Waals surface area contributed by atoms with Gasteiger partial charge in [0.25, 0.3) is 0 Å². The normalized spacial score (nSPS) is 19.8. The summed E-state index contributed by atoms with van der Waals surface area (Å²) in [5.74, 6) is 5.59. The van der Waals surface area contributed by atoms with Gasteiger partial charge in [-0.1, -0.05) is 12.5 Å². The van der Waals surface area contributed by atoms with Crippen molar-refractivity contribution in [2.45, 2.75) is 44.3 Å². The Kier molecular flexibility index (Phi) is 4.81. The highest BCUT2D eigenvalue weighted by Crippen LogP contribution is 2.37. The number of nitrogen functional groups attached to an aromatic ring is 1. The summed E-state index contributed by atoms with van der Waals surface area (Å²) in [6, 6.07) is 3.47. The summed E-state index contributed by atoms with van der Waals surface area (Å²) in [7, 11) is 0. The second-order valence-corrected chi connectivity index (χ2v) is 9.14. The SMILES string of the molecule is C=CC(=O)N1CC(n2nc(C#Cc3cc4ncn(C5CC5)c4cc3F)c3c(N)ncnc32)C[C@@H]1C. The Labute approximate surface area is 200 Å². The zero-order chi connectivity index (χ0) is 24.3. The highest BCUT2D eigenvalue weighted by atomic mass is 19.1. The maximum absolute atomic E-state index is 14.9. The second kappa shape index (κ2) is 7.91. The summed E-state index contributed by atoms with van der Waals surface area (Å²) in [5, 5.41) is 5.20. The molecule has 4 aromatic rings. The molecular formula is C25H23FN8O. The van der Waals surface area contributed by atoms with Crippen molar-refractivity contribution >= 4 is 33.8 Å². The molecular weight excluding hydrogens is 447 g/mol. The van der Waals surface area contributed by atoms with Gasteiger partial charge in [-0.3, -0.25) is 4.79 Å². The lowest BCUT2D eigenvalue weighted by Crippen LogP contribution is -2.32. The number of benzene rings is 1. The molecule has 1 unspecified atom stereocenters. The van der Waals surface area contributed by atoms with Gasteiger partial charge in [0, 0.05) is 24.7 Å². The van der Waals surface area contributed by atoms with Crippen LogP contribution in [0.4, 0.5) is 10.2 Å². The van der Waals surface area contributed by atoms with Crippen LogP contribution in [0.2, 0.25) is 0 Å². The second-order valence-electron chi connectivity index (χ2n) is 9.14. The Balaban J connectivity index is 1.40. The molecule has 4 heterocycles. The first-order valence-electron chi connectivity index (χ1n) is 11.5. The Morgan fingerprint density at radius 1 is 1.23 bits per heavy atom. The molecule has 2 N–H and O–H groups in total. The van der Waals surface area contributed by atoms with Gasteiger partial charge in [-0.05, 0) is 44.2 Å². The fourth-order valence-electron chi connectivity index (χ4n) is 4.86. The van der Waals surface area contributed by atoms with Crippen LogP contribution in [0.15, 0.2) is 37.4 Å². The zero-order valence-corrected chi connectivity index (χ0v) is 19.1. The predicted octanol–water partition coefficient (Wildman–Crippen LogP) is 2.98. The van der Waals surface area contributed by atoms with E-state index in [9.17, 15) is 9.18 Å². The number of imidazole rings is 1. The molecule has 176 valence electrons. The molecule has 9 nitrogen and oxygen atoms in total. The molecule has 2 aliphatic rings. The minimum absolute atomic E-state index is 0.0229. The summed E-state index contributed by atoms with van der Waals surface area (Å²) in [5.41, 5.74) is 8.77. The summed E-state index contributed by atoms with van der Waals surface area (Å²) >= 11 is 0. The molecule has 1 amide bonds. The van der Waals surface area contributed by atoms with Crippen LogP contribution in [0.25, 0.3) is 22.1 Å². The third kappa shape index (κ3) is 3.51. The van der Waals surface area contributed by atoms with Crippen LogP contribution < -0.4 is 5.73 Å². The van der Waals surface area contributed by atoms with E-state index in [1.54, 1.807) is 22.0 Å². The Hall–Kier alpha value is -4.26. The molecule has 1 saturated carbocycles. The topological polar surface area (TPSA) is 108 Å². The standard InChI is InChI=1S/C25H23FN8O/c1-3-22(35)32-11-17(8-14(32)2)34-25-23(24(27)28-12-29-25)19(31-34)7-4-15-9-20-21(10-18(15)26)33(13-30-20)16-5-6-16/h3,9-10,12-14,16-17H,1,5-6,8,11H2,2H3,(H2,27,28,29)/t14-,17?/m0/s1. The van der Waals surface area contributed by atoms with Crippen LogP contribution in [0.5, 0.6) is 0 Å². The number of carbonyl (C=O) groups excluding carboxylic acids is 1. The summed E-state index contributed by atoms with van der Waals surface area (Å²) in [6.45, 7) is 6.04. The number of rotatable bonds is 3. The number of amides is 1. The molecule has 3 aromatic heterocycles. The van der Waals surface area contributed by atoms with Crippen LogP contribution in [-0.4, -0.2) is 52.7 Å². The van der Waals surface area contributed by atoms with E-state index >= 15 is 0 Å². The zero-order valence-electron chi connectivity index (χ0n) is 19.1. The van der Waals surface area contributed by atoms with Gasteiger partial charge < -0.3 is 15.2 Å². The first-order valence-corrected chi connectivity index (χ1v) is 11.5. The molecule has 10 heteroatoms. The number of likely N-dealkylation sites (tertiary alicyclic amines) is 1. The number of nitrogens with two attached hydrogens (primary N) is 1. The Bertz CT molecular complexity index is 1570. The highest BCUT2D eigenvalue weighted by Gasteiger charge is 2.34. The number of carbonyl (C=O) groups is 1. The molecule has 0 radical (unpaired) electrons. The molecule has 2 atom stereocenters. The lowest BCUT2D eigenvalue weighted by atomic mass is 10.1. The minimum Gasteiger partial charge on any atom is -0.383 e. The average Bonchev–Trinajstić information content (AvgIpc) is 3.33. The molecule has 2 fully saturated rings. The van der Waals surface area contributed by atoms with E-state index in [0.29, 0.717) is 41.3 Å². The third-order valence-electron chi connectivity index (χ3n) is 6.79. The third-order valence-corrected chi connectivity index (χ3v) is 6.79. The summed E-state index contributed by atoms with van der Waals surface area (Å²) in [4.78, 5) is 26.9. The molecule has 6 rings (SSSR count). The van der Waals surface area contributed by atoms with Crippen LogP contribution in [0.3, 0.4) is 0 Å².